The number of rotatable bonds is 1. The molecule has 0 aliphatic carbocycles. The zero-order valence-electron chi connectivity index (χ0n) is 6.11. The maximum atomic E-state index is 12.3. The van der Waals surface area contributed by atoms with Crippen molar-refractivity contribution in [3.63, 3.8) is 0 Å². The molecule has 66 valence electrons. The Morgan fingerprint density at radius 2 is 2.17 bits per heavy atom. The lowest BCUT2D eigenvalue weighted by molar-refractivity contribution is 0.149. The molecular formula is C7H5BrF2IN. The van der Waals surface area contributed by atoms with Gasteiger partial charge in [0, 0.05) is 10.2 Å². The van der Waals surface area contributed by atoms with Gasteiger partial charge in [-0.3, -0.25) is 0 Å². The SMILES string of the molecule is Cc1nc(I)cc(Br)c1C(F)F. The van der Waals surface area contributed by atoms with Crippen molar-refractivity contribution in [3.8, 4) is 0 Å². The summed E-state index contributed by atoms with van der Waals surface area (Å²) in [5, 5.41) is 0. The molecule has 12 heavy (non-hydrogen) atoms. The molecule has 0 spiro atoms. The van der Waals surface area contributed by atoms with Crippen LogP contribution in [0.5, 0.6) is 0 Å². The van der Waals surface area contributed by atoms with Gasteiger partial charge in [0.1, 0.15) is 3.70 Å². The molecule has 1 nitrogen and oxygen atoms in total. The summed E-state index contributed by atoms with van der Waals surface area (Å²) in [7, 11) is 0. The van der Waals surface area contributed by atoms with Gasteiger partial charge in [-0.15, -0.1) is 0 Å². The number of hydrogen-bond acceptors (Lipinski definition) is 1. The van der Waals surface area contributed by atoms with E-state index in [0.717, 1.165) is 0 Å². The first-order valence-electron chi connectivity index (χ1n) is 3.13. The molecule has 1 aromatic heterocycles. The first-order valence-corrected chi connectivity index (χ1v) is 5.00. The fourth-order valence-electron chi connectivity index (χ4n) is 0.870. The Morgan fingerprint density at radius 1 is 1.58 bits per heavy atom. The second-order valence-electron chi connectivity index (χ2n) is 2.23. The Labute approximate surface area is 90.8 Å². The molecule has 0 saturated heterocycles. The van der Waals surface area contributed by atoms with Gasteiger partial charge in [-0.05, 0) is 35.6 Å². The number of halogens is 4. The molecule has 0 radical (unpaired) electrons. The van der Waals surface area contributed by atoms with E-state index < -0.39 is 6.43 Å². The second kappa shape index (κ2) is 3.95. The fraction of sp³-hybridized carbons (Fsp3) is 0.286. The second-order valence-corrected chi connectivity index (χ2v) is 4.19. The van der Waals surface area contributed by atoms with Crippen LogP contribution in [0.15, 0.2) is 10.5 Å². The molecular weight excluding hydrogens is 343 g/mol. The van der Waals surface area contributed by atoms with Gasteiger partial charge < -0.3 is 0 Å². The van der Waals surface area contributed by atoms with Crippen LogP contribution in [0.25, 0.3) is 0 Å². The first kappa shape index (κ1) is 10.3. The monoisotopic (exact) mass is 347 g/mol. The van der Waals surface area contributed by atoms with Crippen molar-refractivity contribution in [2.75, 3.05) is 0 Å². The predicted molar refractivity (Wildman–Crippen MR) is 54.3 cm³/mol. The van der Waals surface area contributed by atoms with Gasteiger partial charge in [0.2, 0.25) is 0 Å². The van der Waals surface area contributed by atoms with E-state index in [2.05, 4.69) is 20.9 Å². The lowest BCUT2D eigenvalue weighted by atomic mass is 10.2. The molecule has 0 amide bonds. The zero-order valence-corrected chi connectivity index (χ0v) is 9.86. The van der Waals surface area contributed by atoms with Crippen LogP contribution in [0.3, 0.4) is 0 Å². The quantitative estimate of drug-likeness (QED) is 0.557. The highest BCUT2D eigenvalue weighted by molar-refractivity contribution is 14.1. The van der Waals surface area contributed by atoms with Crippen LogP contribution in [0, 0.1) is 10.6 Å². The van der Waals surface area contributed by atoms with Crippen LogP contribution >= 0.6 is 38.5 Å². The van der Waals surface area contributed by atoms with Crippen molar-refractivity contribution in [1.29, 1.82) is 0 Å². The van der Waals surface area contributed by atoms with Gasteiger partial charge in [0.15, 0.2) is 0 Å². The number of alkyl halides is 2. The minimum Gasteiger partial charge on any atom is -0.247 e. The van der Waals surface area contributed by atoms with Gasteiger partial charge in [-0.25, -0.2) is 13.8 Å². The molecule has 1 aromatic rings. The Kier molecular flexibility index (Phi) is 3.39. The largest absolute Gasteiger partial charge is 0.266 e. The standard InChI is InChI=1S/C7H5BrF2IN/c1-3-6(7(9)10)4(8)2-5(11)12-3/h2,7H,1H3. The number of nitrogens with zero attached hydrogens (tertiary/aromatic N) is 1. The van der Waals surface area contributed by atoms with Crippen molar-refractivity contribution >= 4 is 38.5 Å². The van der Waals surface area contributed by atoms with Crippen molar-refractivity contribution in [1.82, 2.24) is 4.98 Å². The molecule has 0 aromatic carbocycles. The zero-order chi connectivity index (χ0) is 9.30. The maximum absolute atomic E-state index is 12.3. The molecule has 0 N–H and O–H groups in total. The van der Waals surface area contributed by atoms with Crippen molar-refractivity contribution < 1.29 is 8.78 Å². The molecule has 0 saturated carbocycles. The summed E-state index contributed by atoms with van der Waals surface area (Å²) >= 11 is 5.06. The first-order chi connectivity index (χ1) is 5.52. The Hall–Kier alpha value is 0.220. The van der Waals surface area contributed by atoms with E-state index >= 15 is 0 Å². The van der Waals surface area contributed by atoms with Crippen molar-refractivity contribution in [2.24, 2.45) is 0 Å². The maximum Gasteiger partial charge on any atom is 0.266 e. The van der Waals surface area contributed by atoms with E-state index in [1.54, 1.807) is 13.0 Å². The lowest BCUT2D eigenvalue weighted by Crippen LogP contribution is -1.96. The average Bonchev–Trinajstić information content (AvgIpc) is 1.82. The van der Waals surface area contributed by atoms with Gasteiger partial charge in [-0.2, -0.15) is 0 Å². The Bertz CT molecular complexity index is 280. The molecule has 0 bridgehead atoms. The van der Waals surface area contributed by atoms with E-state index in [0.29, 0.717) is 13.9 Å². The highest BCUT2D eigenvalue weighted by Crippen LogP contribution is 2.30. The third-order valence-corrected chi connectivity index (χ3v) is 2.59. The van der Waals surface area contributed by atoms with Gasteiger partial charge in [0.25, 0.3) is 6.43 Å². The lowest BCUT2D eigenvalue weighted by Gasteiger charge is -2.06. The topological polar surface area (TPSA) is 12.9 Å². The van der Waals surface area contributed by atoms with Gasteiger partial charge in [-0.1, -0.05) is 15.9 Å². The summed E-state index contributed by atoms with van der Waals surface area (Å²) in [5.41, 5.74) is 0.360. The third kappa shape index (κ3) is 2.12. The molecule has 0 atom stereocenters. The number of aryl methyl sites for hydroxylation is 1. The summed E-state index contributed by atoms with van der Waals surface area (Å²) in [6.45, 7) is 1.58. The summed E-state index contributed by atoms with van der Waals surface area (Å²) in [4.78, 5) is 3.93. The van der Waals surface area contributed by atoms with E-state index in [1.807, 2.05) is 22.6 Å². The van der Waals surface area contributed by atoms with Crippen LogP contribution in [0.4, 0.5) is 8.78 Å². The van der Waals surface area contributed by atoms with E-state index in [9.17, 15) is 8.78 Å². The predicted octanol–water partition coefficient (Wildman–Crippen LogP) is 3.69. The summed E-state index contributed by atoms with van der Waals surface area (Å²) in [5.74, 6) is 0. The van der Waals surface area contributed by atoms with E-state index in [1.165, 1.54) is 0 Å². The van der Waals surface area contributed by atoms with Crippen LogP contribution in [0.1, 0.15) is 17.7 Å². The Morgan fingerprint density at radius 3 is 2.58 bits per heavy atom. The molecule has 0 unspecified atom stereocenters. The molecule has 1 heterocycles. The highest BCUT2D eigenvalue weighted by atomic mass is 127. The minimum absolute atomic E-state index is 0.0181. The normalized spacial score (nSPS) is 10.8. The van der Waals surface area contributed by atoms with Gasteiger partial charge in [0.05, 0.1) is 5.56 Å². The fourth-order valence-corrected chi connectivity index (χ4v) is 2.65. The van der Waals surface area contributed by atoms with Crippen molar-refractivity contribution in [2.45, 2.75) is 13.3 Å². The van der Waals surface area contributed by atoms with Crippen LogP contribution in [-0.2, 0) is 0 Å². The average molecular weight is 348 g/mol. The molecule has 0 aliphatic heterocycles. The van der Waals surface area contributed by atoms with Gasteiger partial charge >= 0.3 is 0 Å². The molecule has 1 rings (SSSR count). The summed E-state index contributed by atoms with van der Waals surface area (Å²) < 4.78 is 25.8. The molecule has 0 fully saturated rings. The van der Waals surface area contributed by atoms with E-state index in [-0.39, 0.29) is 5.56 Å². The highest BCUT2D eigenvalue weighted by Gasteiger charge is 2.15. The van der Waals surface area contributed by atoms with Crippen LogP contribution in [0.2, 0.25) is 0 Å². The number of pyridine rings is 1. The number of aromatic nitrogens is 1. The Balaban J connectivity index is 3.28. The van der Waals surface area contributed by atoms with Crippen LogP contribution < -0.4 is 0 Å². The molecule has 5 heteroatoms. The third-order valence-electron chi connectivity index (χ3n) is 1.39. The van der Waals surface area contributed by atoms with Crippen LogP contribution in [-0.4, -0.2) is 4.98 Å². The summed E-state index contributed by atoms with van der Waals surface area (Å²) in [6, 6.07) is 1.58. The minimum atomic E-state index is -2.47. The molecule has 0 aliphatic rings. The number of hydrogen-bond donors (Lipinski definition) is 0. The summed E-state index contributed by atoms with van der Waals surface area (Å²) in [6.07, 6.45) is -2.47. The van der Waals surface area contributed by atoms with Crippen molar-refractivity contribution in [3.05, 3.63) is 25.5 Å². The van der Waals surface area contributed by atoms with E-state index in [4.69, 9.17) is 0 Å². The smallest absolute Gasteiger partial charge is 0.247 e.